The van der Waals surface area contributed by atoms with E-state index in [-0.39, 0.29) is 22.9 Å². The number of nitrogen functional groups attached to an aromatic ring is 1. The Morgan fingerprint density at radius 2 is 1.85 bits per heavy atom. The maximum atomic E-state index is 13.3. The first-order valence-corrected chi connectivity index (χ1v) is 12.4. The molecule has 39 heavy (non-hydrogen) atoms. The molecule has 2 aromatic heterocycles. The molecule has 3 heterocycles. The van der Waals surface area contributed by atoms with Crippen molar-refractivity contribution >= 4 is 34.0 Å². The number of aromatic amines is 1. The lowest BCUT2D eigenvalue weighted by Gasteiger charge is -2.38. The van der Waals surface area contributed by atoms with Crippen LogP contribution in [0.15, 0.2) is 54.9 Å². The summed E-state index contributed by atoms with van der Waals surface area (Å²) in [6, 6.07) is 12.5. The zero-order valence-corrected chi connectivity index (χ0v) is 21.4. The summed E-state index contributed by atoms with van der Waals surface area (Å²) in [5, 5.41) is 9.69. The number of aromatic nitrogens is 3. The van der Waals surface area contributed by atoms with Crippen molar-refractivity contribution in [3.8, 4) is 16.9 Å². The van der Waals surface area contributed by atoms with Crippen LogP contribution in [0.2, 0.25) is 0 Å². The molecule has 204 valence electrons. The van der Waals surface area contributed by atoms with E-state index in [2.05, 4.69) is 30.3 Å². The molecule has 0 unspecified atom stereocenters. The number of fused-ring (bicyclic) bond motifs is 1. The van der Waals surface area contributed by atoms with Crippen LogP contribution in [0.4, 0.5) is 30.4 Å². The van der Waals surface area contributed by atoms with Crippen LogP contribution in [-0.4, -0.2) is 66.6 Å². The lowest BCUT2D eigenvalue weighted by molar-refractivity contribution is -0.188. The van der Waals surface area contributed by atoms with Gasteiger partial charge in [0.05, 0.1) is 34.0 Å². The lowest BCUT2D eigenvalue weighted by atomic mass is 9.99. The highest BCUT2D eigenvalue weighted by Crippen LogP contribution is 2.38. The smallest absolute Gasteiger partial charge is 0.425 e. The van der Waals surface area contributed by atoms with Gasteiger partial charge in [0.1, 0.15) is 5.75 Å². The van der Waals surface area contributed by atoms with Gasteiger partial charge in [0.15, 0.2) is 11.9 Å². The molecule has 0 aliphatic carbocycles. The number of halogens is 3. The van der Waals surface area contributed by atoms with Gasteiger partial charge in [-0.15, -0.1) is 0 Å². The molecule has 4 aromatic rings. The highest BCUT2D eigenvalue weighted by molar-refractivity contribution is 6.01. The topological polar surface area (TPSA) is 112 Å². The van der Waals surface area contributed by atoms with Gasteiger partial charge in [-0.2, -0.15) is 18.3 Å². The number of rotatable bonds is 6. The number of alkyl halides is 3. The zero-order chi connectivity index (χ0) is 27.7. The van der Waals surface area contributed by atoms with Crippen LogP contribution < -0.4 is 25.6 Å². The van der Waals surface area contributed by atoms with Crippen LogP contribution in [0, 0.1) is 0 Å². The molecule has 4 N–H and O–H groups in total. The van der Waals surface area contributed by atoms with Gasteiger partial charge in [-0.1, -0.05) is 6.07 Å². The van der Waals surface area contributed by atoms with Gasteiger partial charge in [-0.3, -0.25) is 14.9 Å². The van der Waals surface area contributed by atoms with Crippen molar-refractivity contribution in [3.05, 3.63) is 60.4 Å². The largest absolute Gasteiger partial charge is 0.480 e. The molecule has 1 amide bonds. The molecular weight excluding hydrogens is 511 g/mol. The number of nitrogens with two attached hydrogens (primary N) is 1. The first-order valence-electron chi connectivity index (χ1n) is 12.4. The molecule has 1 atom stereocenters. The summed E-state index contributed by atoms with van der Waals surface area (Å²) in [7, 11) is 1.57. The van der Waals surface area contributed by atoms with E-state index >= 15 is 0 Å². The first-order chi connectivity index (χ1) is 18.7. The number of benzene rings is 2. The van der Waals surface area contributed by atoms with E-state index in [0.29, 0.717) is 35.3 Å². The molecule has 5 rings (SSSR count). The average Bonchev–Trinajstić information content (AvgIpc) is 3.33. The number of hydrogen-bond acceptors (Lipinski definition) is 7. The normalized spacial score (nSPS) is 14.9. The summed E-state index contributed by atoms with van der Waals surface area (Å²) in [5.41, 5.74) is 9.93. The van der Waals surface area contributed by atoms with Crippen molar-refractivity contribution in [2.75, 3.05) is 48.8 Å². The SMILES string of the molecule is CNC(=O)c1ccc(-c2cc(O[C@@H](C)C(F)(F)F)c3c(N)n[nH]c3c2)cc1N1CCN(c2cccnc2)CC1. The quantitative estimate of drug-likeness (QED) is 0.336. The number of hydrogen-bond donors (Lipinski definition) is 3. The number of nitrogens with zero attached hydrogens (tertiary/aromatic N) is 4. The maximum Gasteiger partial charge on any atom is 0.425 e. The van der Waals surface area contributed by atoms with Gasteiger partial charge in [0, 0.05) is 39.4 Å². The van der Waals surface area contributed by atoms with E-state index in [1.807, 2.05) is 24.4 Å². The third-order valence-electron chi connectivity index (χ3n) is 6.85. The second-order valence-electron chi connectivity index (χ2n) is 9.30. The summed E-state index contributed by atoms with van der Waals surface area (Å²) in [6.07, 6.45) is -3.05. The number of carbonyl (C=O) groups is 1. The molecule has 1 aliphatic rings. The molecule has 12 heteroatoms. The third-order valence-corrected chi connectivity index (χ3v) is 6.85. The van der Waals surface area contributed by atoms with Crippen molar-refractivity contribution in [2.45, 2.75) is 19.2 Å². The highest BCUT2D eigenvalue weighted by Gasteiger charge is 2.38. The van der Waals surface area contributed by atoms with Crippen LogP contribution >= 0.6 is 0 Å². The minimum atomic E-state index is -4.55. The Morgan fingerprint density at radius 3 is 2.51 bits per heavy atom. The fourth-order valence-electron chi connectivity index (χ4n) is 4.71. The number of H-pyrrole nitrogens is 1. The van der Waals surface area contributed by atoms with Crippen molar-refractivity contribution in [3.63, 3.8) is 0 Å². The minimum Gasteiger partial charge on any atom is -0.480 e. The molecular formula is C27H28F3N7O2. The Morgan fingerprint density at radius 1 is 1.10 bits per heavy atom. The summed E-state index contributed by atoms with van der Waals surface area (Å²) in [4.78, 5) is 21.3. The fourth-order valence-corrected chi connectivity index (χ4v) is 4.71. The summed E-state index contributed by atoms with van der Waals surface area (Å²) >= 11 is 0. The van der Waals surface area contributed by atoms with E-state index in [1.165, 1.54) is 6.07 Å². The molecule has 1 saturated heterocycles. The van der Waals surface area contributed by atoms with Crippen LogP contribution in [0.3, 0.4) is 0 Å². The maximum absolute atomic E-state index is 13.3. The van der Waals surface area contributed by atoms with E-state index < -0.39 is 12.3 Å². The Kier molecular flexibility index (Phi) is 6.94. The van der Waals surface area contributed by atoms with Crippen LogP contribution in [-0.2, 0) is 0 Å². The van der Waals surface area contributed by atoms with E-state index in [9.17, 15) is 18.0 Å². The monoisotopic (exact) mass is 539 g/mol. The van der Waals surface area contributed by atoms with Gasteiger partial charge < -0.3 is 25.6 Å². The number of amides is 1. The molecule has 1 aliphatic heterocycles. The molecule has 0 bridgehead atoms. The van der Waals surface area contributed by atoms with Crippen molar-refractivity contribution < 1.29 is 22.7 Å². The minimum absolute atomic E-state index is 0.0272. The molecule has 0 radical (unpaired) electrons. The molecule has 0 spiro atoms. The van der Waals surface area contributed by atoms with Crippen molar-refractivity contribution in [2.24, 2.45) is 0 Å². The Hall–Kier alpha value is -4.48. The standard InChI is InChI=1S/C27H28F3N7O2/c1-16(27(28,29)30)39-23-14-18(12-21-24(23)25(31)35-34-21)17-5-6-20(26(38)32-2)22(13-17)37-10-8-36(9-11-37)19-4-3-7-33-15-19/h3-7,12-16H,8-11H2,1-2H3,(H,32,38)(H3,31,34,35)/t16-/m0/s1. The Labute approximate surface area is 222 Å². The second kappa shape index (κ2) is 10.4. The third kappa shape index (κ3) is 5.27. The first kappa shape index (κ1) is 26.1. The van der Waals surface area contributed by atoms with Gasteiger partial charge in [0.2, 0.25) is 0 Å². The van der Waals surface area contributed by atoms with E-state index in [4.69, 9.17) is 10.5 Å². The summed E-state index contributed by atoms with van der Waals surface area (Å²) in [5.74, 6) is -0.213. The fraction of sp³-hybridized carbons (Fsp3) is 0.296. The Bertz CT molecular complexity index is 1480. The molecule has 2 aromatic carbocycles. The predicted octanol–water partition coefficient (Wildman–Crippen LogP) is 4.22. The summed E-state index contributed by atoms with van der Waals surface area (Å²) < 4.78 is 45.2. The number of carbonyl (C=O) groups excluding carboxylic acids is 1. The molecule has 0 saturated carbocycles. The molecule has 9 nitrogen and oxygen atoms in total. The number of anilines is 3. The van der Waals surface area contributed by atoms with Gasteiger partial charge in [0.25, 0.3) is 5.91 Å². The van der Waals surface area contributed by atoms with Crippen LogP contribution in [0.1, 0.15) is 17.3 Å². The Balaban J connectivity index is 1.51. The number of piperazine rings is 1. The highest BCUT2D eigenvalue weighted by atomic mass is 19.4. The predicted molar refractivity (Wildman–Crippen MR) is 144 cm³/mol. The number of pyridine rings is 1. The summed E-state index contributed by atoms with van der Waals surface area (Å²) in [6.45, 7) is 3.73. The van der Waals surface area contributed by atoms with Crippen LogP contribution in [0.5, 0.6) is 5.75 Å². The molecule has 1 fully saturated rings. The second-order valence-corrected chi connectivity index (χ2v) is 9.30. The lowest BCUT2D eigenvalue weighted by Crippen LogP contribution is -2.47. The van der Waals surface area contributed by atoms with E-state index in [1.54, 1.807) is 31.4 Å². The van der Waals surface area contributed by atoms with Gasteiger partial charge in [-0.05, 0) is 54.4 Å². The average molecular weight is 540 g/mol. The van der Waals surface area contributed by atoms with E-state index in [0.717, 1.165) is 31.4 Å². The van der Waals surface area contributed by atoms with Gasteiger partial charge in [-0.25, -0.2) is 0 Å². The number of nitrogens with one attached hydrogen (secondary N) is 2. The van der Waals surface area contributed by atoms with Crippen LogP contribution in [0.25, 0.3) is 22.0 Å². The van der Waals surface area contributed by atoms with Crippen molar-refractivity contribution in [1.29, 1.82) is 0 Å². The van der Waals surface area contributed by atoms with Crippen molar-refractivity contribution in [1.82, 2.24) is 20.5 Å². The van der Waals surface area contributed by atoms with Gasteiger partial charge >= 0.3 is 6.18 Å². The number of ether oxygens (including phenoxy) is 1. The zero-order valence-electron chi connectivity index (χ0n) is 21.4.